The van der Waals surface area contributed by atoms with Crippen LogP contribution in [0.15, 0.2) is 24.3 Å². The highest BCUT2D eigenvalue weighted by Crippen LogP contribution is 2.35. The van der Waals surface area contributed by atoms with Gasteiger partial charge in [-0.15, -0.1) is 0 Å². The molecule has 0 unspecified atom stereocenters. The van der Waals surface area contributed by atoms with Gasteiger partial charge in [0.05, 0.1) is 5.69 Å². The summed E-state index contributed by atoms with van der Waals surface area (Å²) >= 11 is 0. The molecule has 0 aliphatic carbocycles. The number of nitrogens with one attached hydrogen (secondary N) is 1. The van der Waals surface area contributed by atoms with E-state index in [2.05, 4.69) is 0 Å². The van der Waals surface area contributed by atoms with Crippen LogP contribution >= 0.6 is 0 Å². The number of phenols is 1. The lowest BCUT2D eigenvalue weighted by Gasteiger charge is -2.14. The summed E-state index contributed by atoms with van der Waals surface area (Å²) in [5.74, 6) is -2.96. The van der Waals surface area contributed by atoms with Crippen LogP contribution in [0.4, 0.5) is 27.6 Å². The fourth-order valence-corrected chi connectivity index (χ4v) is 1.61. The molecule has 0 saturated heterocycles. The van der Waals surface area contributed by atoms with Crippen molar-refractivity contribution in [1.29, 1.82) is 0 Å². The average Bonchev–Trinajstić information content (AvgIpc) is 2.26. The maximum absolute atomic E-state index is 13.3. The van der Waals surface area contributed by atoms with Crippen LogP contribution in [0.3, 0.4) is 0 Å². The Kier molecular flexibility index (Phi) is 2.76. The van der Waals surface area contributed by atoms with E-state index < -0.39 is 29.4 Å². The van der Waals surface area contributed by atoms with E-state index in [1.807, 2.05) is 0 Å². The molecule has 2 aromatic carbocycles. The zero-order valence-electron chi connectivity index (χ0n) is 8.65. The highest BCUT2D eigenvalue weighted by atomic mass is 19.4. The molecule has 0 aliphatic heterocycles. The second-order valence-corrected chi connectivity index (χ2v) is 3.54. The van der Waals surface area contributed by atoms with Crippen molar-refractivity contribution >= 4 is 16.5 Å². The minimum absolute atomic E-state index is 0.205. The van der Waals surface area contributed by atoms with Gasteiger partial charge in [-0.05, 0) is 24.3 Å². The first kappa shape index (κ1) is 12.4. The molecule has 2 nitrogen and oxygen atoms in total. The van der Waals surface area contributed by atoms with Crippen LogP contribution < -0.4 is 5.32 Å². The lowest BCUT2D eigenvalue weighted by atomic mass is 10.1. The summed E-state index contributed by atoms with van der Waals surface area (Å²) in [5.41, 5.74) is -0.852. The van der Waals surface area contributed by atoms with Crippen LogP contribution in [-0.4, -0.2) is 11.4 Å². The van der Waals surface area contributed by atoms with Gasteiger partial charge in [0.2, 0.25) is 0 Å². The average molecular weight is 263 g/mol. The predicted octanol–water partition coefficient (Wildman–Crippen LogP) is 3.76. The van der Waals surface area contributed by atoms with Gasteiger partial charge >= 0.3 is 6.30 Å². The standard InChI is InChI=1S/C11H6F5NO/c12-7-3-2-6-5(1-4-8(13)10(6)18)9(7)17-11(14,15)16/h1-4,17-18H. The van der Waals surface area contributed by atoms with E-state index in [1.165, 1.54) is 0 Å². The van der Waals surface area contributed by atoms with Crippen molar-refractivity contribution in [3.63, 3.8) is 0 Å². The number of benzene rings is 2. The Morgan fingerprint density at radius 2 is 1.44 bits per heavy atom. The molecule has 2 rings (SSSR count). The third kappa shape index (κ3) is 2.15. The number of rotatable bonds is 1. The maximum atomic E-state index is 13.3. The summed E-state index contributed by atoms with van der Waals surface area (Å²) in [6, 6.07) is 3.44. The van der Waals surface area contributed by atoms with Crippen LogP contribution in [-0.2, 0) is 0 Å². The number of hydrogen-bond acceptors (Lipinski definition) is 2. The van der Waals surface area contributed by atoms with Gasteiger partial charge in [0.1, 0.15) is 5.82 Å². The molecular weight excluding hydrogens is 257 g/mol. The van der Waals surface area contributed by atoms with Gasteiger partial charge in [0.15, 0.2) is 11.6 Å². The molecule has 96 valence electrons. The molecule has 0 saturated carbocycles. The van der Waals surface area contributed by atoms with Crippen LogP contribution in [0.1, 0.15) is 0 Å². The minimum atomic E-state index is -4.83. The SMILES string of the molecule is Oc1c(F)ccc2c(NC(F)(F)F)c(F)ccc12. The van der Waals surface area contributed by atoms with Crippen molar-refractivity contribution in [2.45, 2.75) is 6.30 Å². The highest BCUT2D eigenvalue weighted by molar-refractivity contribution is 5.97. The summed E-state index contributed by atoms with van der Waals surface area (Å²) in [6.45, 7) is 0. The van der Waals surface area contributed by atoms with E-state index in [4.69, 9.17) is 0 Å². The van der Waals surface area contributed by atoms with E-state index >= 15 is 0 Å². The summed E-state index contributed by atoms with van der Waals surface area (Å²) < 4.78 is 63.0. The molecule has 0 fully saturated rings. The van der Waals surface area contributed by atoms with E-state index in [0.29, 0.717) is 0 Å². The molecule has 18 heavy (non-hydrogen) atoms. The van der Waals surface area contributed by atoms with Gasteiger partial charge in [-0.2, -0.15) is 13.2 Å². The molecule has 2 N–H and O–H groups in total. The second-order valence-electron chi connectivity index (χ2n) is 3.54. The van der Waals surface area contributed by atoms with Gasteiger partial charge in [-0.25, -0.2) is 8.78 Å². The molecule has 0 aromatic heterocycles. The van der Waals surface area contributed by atoms with Crippen LogP contribution in [0, 0.1) is 11.6 Å². The molecule has 0 atom stereocenters. The van der Waals surface area contributed by atoms with Gasteiger partial charge in [0.25, 0.3) is 0 Å². The van der Waals surface area contributed by atoms with Gasteiger partial charge < -0.3 is 5.11 Å². The summed E-state index contributed by atoms with van der Waals surface area (Å²) in [6.07, 6.45) is -4.83. The van der Waals surface area contributed by atoms with E-state index in [9.17, 15) is 27.1 Å². The van der Waals surface area contributed by atoms with Crippen molar-refractivity contribution in [3.05, 3.63) is 35.9 Å². The van der Waals surface area contributed by atoms with Crippen molar-refractivity contribution in [2.75, 3.05) is 5.32 Å². The summed E-state index contributed by atoms with van der Waals surface area (Å²) in [7, 11) is 0. The smallest absolute Gasteiger partial charge is 0.482 e. The van der Waals surface area contributed by atoms with Crippen molar-refractivity contribution < 1.29 is 27.1 Å². The fourth-order valence-electron chi connectivity index (χ4n) is 1.61. The quantitative estimate of drug-likeness (QED) is 0.606. The Morgan fingerprint density at radius 3 is 2.06 bits per heavy atom. The molecule has 0 spiro atoms. The normalized spacial score (nSPS) is 11.8. The number of halogens is 5. The van der Waals surface area contributed by atoms with Crippen LogP contribution in [0.5, 0.6) is 5.75 Å². The van der Waals surface area contributed by atoms with Gasteiger partial charge in [0, 0.05) is 10.8 Å². The Labute approximate surface area is 97.6 Å². The first-order valence-electron chi connectivity index (χ1n) is 4.74. The van der Waals surface area contributed by atoms with Crippen molar-refractivity contribution in [1.82, 2.24) is 0 Å². The number of aromatic hydroxyl groups is 1. The zero-order valence-corrected chi connectivity index (χ0v) is 8.65. The van der Waals surface area contributed by atoms with E-state index in [0.717, 1.165) is 29.6 Å². The first-order chi connectivity index (χ1) is 8.29. The first-order valence-corrected chi connectivity index (χ1v) is 4.74. The molecule has 0 aliphatic rings. The third-order valence-electron chi connectivity index (χ3n) is 2.34. The molecule has 0 radical (unpaired) electrons. The molecule has 0 amide bonds. The van der Waals surface area contributed by atoms with Crippen LogP contribution in [0.2, 0.25) is 0 Å². The number of alkyl halides is 3. The number of fused-ring (bicyclic) bond motifs is 1. The molecule has 0 heterocycles. The Bertz CT molecular complexity index is 608. The highest BCUT2D eigenvalue weighted by Gasteiger charge is 2.29. The largest absolute Gasteiger partial charge is 0.504 e. The third-order valence-corrected chi connectivity index (χ3v) is 2.34. The van der Waals surface area contributed by atoms with Crippen molar-refractivity contribution in [3.8, 4) is 5.75 Å². The Morgan fingerprint density at radius 1 is 0.889 bits per heavy atom. The monoisotopic (exact) mass is 263 g/mol. The topological polar surface area (TPSA) is 32.3 Å². The van der Waals surface area contributed by atoms with Crippen molar-refractivity contribution in [2.24, 2.45) is 0 Å². The van der Waals surface area contributed by atoms with E-state index in [1.54, 1.807) is 0 Å². The van der Waals surface area contributed by atoms with E-state index in [-0.39, 0.29) is 10.8 Å². The Balaban J connectivity index is 2.72. The lowest BCUT2D eigenvalue weighted by Crippen LogP contribution is -2.21. The summed E-state index contributed by atoms with van der Waals surface area (Å²) in [5, 5.41) is 9.93. The molecule has 0 bridgehead atoms. The molecule has 7 heteroatoms. The second kappa shape index (κ2) is 4.01. The summed E-state index contributed by atoms with van der Waals surface area (Å²) in [4.78, 5) is 0. The Hall–Kier alpha value is -2.05. The number of hydrogen-bond donors (Lipinski definition) is 2. The maximum Gasteiger partial charge on any atom is 0.482 e. The lowest BCUT2D eigenvalue weighted by molar-refractivity contribution is -0.100. The van der Waals surface area contributed by atoms with Crippen LogP contribution in [0.25, 0.3) is 10.8 Å². The molecular formula is C11H6F5NO. The minimum Gasteiger partial charge on any atom is -0.504 e. The molecule has 2 aromatic rings. The fraction of sp³-hybridized carbons (Fsp3) is 0.0909. The number of phenolic OH excluding ortho intramolecular Hbond substituents is 1. The van der Waals surface area contributed by atoms with Gasteiger partial charge in [-0.1, -0.05) is 0 Å². The predicted molar refractivity (Wildman–Crippen MR) is 55.2 cm³/mol. The van der Waals surface area contributed by atoms with Gasteiger partial charge in [-0.3, -0.25) is 5.32 Å². The number of anilines is 1. The zero-order chi connectivity index (χ0) is 13.5.